The largest absolute Gasteiger partial charge is 0.455 e. The second-order valence-electron chi connectivity index (χ2n) is 5.62. The smallest absolute Gasteiger partial charge is 0.222 e. The minimum absolute atomic E-state index is 0.277. The molecule has 3 rings (SSSR count). The molecule has 0 amide bonds. The molecule has 1 aliphatic rings. The van der Waals surface area contributed by atoms with Gasteiger partial charge in [-0.15, -0.1) is 0 Å². The van der Waals surface area contributed by atoms with Crippen molar-refractivity contribution in [2.75, 3.05) is 24.6 Å². The molecular formula is C14H21N5O. The zero-order valence-corrected chi connectivity index (χ0v) is 11.9. The number of hydrogen-bond donors (Lipinski definition) is 3. The SMILES string of the molecule is CNc1nc(N)nc2c3c(oc12)C(CCN)CC(C)C3. The minimum Gasteiger partial charge on any atom is -0.455 e. The highest BCUT2D eigenvalue weighted by molar-refractivity contribution is 5.88. The number of nitrogen functional groups attached to an aromatic ring is 1. The summed E-state index contributed by atoms with van der Waals surface area (Å²) in [5.41, 5.74) is 14.3. The third-order valence-electron chi connectivity index (χ3n) is 4.04. The van der Waals surface area contributed by atoms with Gasteiger partial charge in [0.2, 0.25) is 5.95 Å². The number of nitrogens with zero attached hydrogens (tertiary/aromatic N) is 2. The maximum Gasteiger partial charge on any atom is 0.222 e. The number of anilines is 2. The van der Waals surface area contributed by atoms with Crippen molar-refractivity contribution in [3.63, 3.8) is 0 Å². The lowest BCUT2D eigenvalue weighted by Gasteiger charge is -2.25. The summed E-state index contributed by atoms with van der Waals surface area (Å²) >= 11 is 0. The molecule has 6 heteroatoms. The molecule has 5 N–H and O–H groups in total. The molecule has 2 heterocycles. The Kier molecular flexibility index (Phi) is 3.25. The lowest BCUT2D eigenvalue weighted by atomic mass is 9.80. The predicted octanol–water partition coefficient (Wildman–Crippen LogP) is 1.86. The predicted molar refractivity (Wildman–Crippen MR) is 79.7 cm³/mol. The van der Waals surface area contributed by atoms with Crippen LogP contribution in [0.15, 0.2) is 4.42 Å². The molecule has 6 nitrogen and oxygen atoms in total. The van der Waals surface area contributed by atoms with Crippen LogP contribution in [0.2, 0.25) is 0 Å². The first-order chi connectivity index (χ1) is 9.63. The minimum atomic E-state index is 0.277. The van der Waals surface area contributed by atoms with Gasteiger partial charge >= 0.3 is 0 Å². The topological polar surface area (TPSA) is 103 Å². The maximum absolute atomic E-state index is 6.08. The van der Waals surface area contributed by atoms with Crippen LogP contribution in [0.3, 0.4) is 0 Å². The van der Waals surface area contributed by atoms with E-state index in [9.17, 15) is 0 Å². The molecule has 0 radical (unpaired) electrons. The van der Waals surface area contributed by atoms with Crippen molar-refractivity contribution in [1.29, 1.82) is 0 Å². The summed E-state index contributed by atoms with van der Waals surface area (Å²) in [6.07, 6.45) is 3.03. The zero-order valence-electron chi connectivity index (χ0n) is 11.9. The first-order valence-corrected chi connectivity index (χ1v) is 7.10. The second-order valence-corrected chi connectivity index (χ2v) is 5.62. The molecule has 20 heavy (non-hydrogen) atoms. The third kappa shape index (κ3) is 2.00. The van der Waals surface area contributed by atoms with E-state index in [4.69, 9.17) is 15.9 Å². The van der Waals surface area contributed by atoms with E-state index in [1.54, 1.807) is 0 Å². The summed E-state index contributed by atoms with van der Waals surface area (Å²) in [5.74, 6) is 2.94. The van der Waals surface area contributed by atoms with Crippen LogP contribution in [-0.2, 0) is 6.42 Å². The average Bonchev–Trinajstić information content (AvgIpc) is 2.77. The molecule has 2 atom stereocenters. The number of rotatable bonds is 3. The quantitative estimate of drug-likeness (QED) is 0.790. The summed E-state index contributed by atoms with van der Waals surface area (Å²) in [4.78, 5) is 8.58. The van der Waals surface area contributed by atoms with Crippen molar-refractivity contribution < 1.29 is 4.42 Å². The zero-order chi connectivity index (χ0) is 14.3. The fourth-order valence-electron chi connectivity index (χ4n) is 3.23. The van der Waals surface area contributed by atoms with Gasteiger partial charge in [-0.3, -0.25) is 0 Å². The standard InChI is InChI=1S/C14H21N5O/c1-7-5-8(3-4-15)11-9(6-7)10-12(20-11)13(17-2)19-14(16)18-10/h7-8H,3-6,15H2,1-2H3,(H3,16,17,18,19). The van der Waals surface area contributed by atoms with Crippen molar-refractivity contribution >= 4 is 22.9 Å². The van der Waals surface area contributed by atoms with Gasteiger partial charge in [0, 0.05) is 18.5 Å². The third-order valence-corrected chi connectivity index (χ3v) is 4.04. The summed E-state index contributed by atoms with van der Waals surface area (Å²) in [7, 11) is 1.81. The number of nitrogens with one attached hydrogen (secondary N) is 1. The number of furan rings is 1. The second kappa shape index (κ2) is 4.94. The maximum atomic E-state index is 6.08. The van der Waals surface area contributed by atoms with Gasteiger partial charge in [0.1, 0.15) is 11.3 Å². The summed E-state index contributed by atoms with van der Waals surface area (Å²) in [5, 5.41) is 3.03. The Morgan fingerprint density at radius 1 is 1.40 bits per heavy atom. The van der Waals surface area contributed by atoms with Gasteiger partial charge in [-0.2, -0.15) is 4.98 Å². The van der Waals surface area contributed by atoms with Gasteiger partial charge in [0.25, 0.3) is 0 Å². The highest BCUT2D eigenvalue weighted by atomic mass is 16.3. The summed E-state index contributed by atoms with van der Waals surface area (Å²) in [6.45, 7) is 2.93. The monoisotopic (exact) mass is 275 g/mol. The summed E-state index contributed by atoms with van der Waals surface area (Å²) < 4.78 is 6.08. The van der Waals surface area contributed by atoms with E-state index in [0.717, 1.165) is 30.5 Å². The molecule has 2 unspecified atom stereocenters. The molecule has 0 aromatic carbocycles. The number of aromatic nitrogens is 2. The Morgan fingerprint density at radius 2 is 2.20 bits per heavy atom. The van der Waals surface area contributed by atoms with E-state index in [-0.39, 0.29) is 5.95 Å². The lowest BCUT2D eigenvalue weighted by Crippen LogP contribution is -2.18. The first-order valence-electron chi connectivity index (χ1n) is 7.10. The molecule has 0 saturated heterocycles. The molecule has 0 bridgehead atoms. The van der Waals surface area contributed by atoms with E-state index >= 15 is 0 Å². The van der Waals surface area contributed by atoms with Crippen LogP contribution in [0, 0.1) is 5.92 Å². The van der Waals surface area contributed by atoms with Crippen LogP contribution in [0.5, 0.6) is 0 Å². The van der Waals surface area contributed by atoms with E-state index < -0.39 is 0 Å². The Labute approximate surface area is 117 Å². The molecule has 108 valence electrons. The van der Waals surface area contributed by atoms with E-state index in [1.807, 2.05) is 7.05 Å². The average molecular weight is 275 g/mol. The molecule has 1 aliphatic carbocycles. The highest BCUT2D eigenvalue weighted by Crippen LogP contribution is 2.42. The van der Waals surface area contributed by atoms with Gasteiger partial charge < -0.3 is 21.2 Å². The van der Waals surface area contributed by atoms with Crippen LogP contribution < -0.4 is 16.8 Å². The number of fused-ring (bicyclic) bond motifs is 3. The van der Waals surface area contributed by atoms with Gasteiger partial charge in [-0.05, 0) is 31.7 Å². The Morgan fingerprint density at radius 3 is 2.90 bits per heavy atom. The van der Waals surface area contributed by atoms with Crippen LogP contribution in [0.4, 0.5) is 11.8 Å². The van der Waals surface area contributed by atoms with Crippen LogP contribution >= 0.6 is 0 Å². The lowest BCUT2D eigenvalue weighted by molar-refractivity contribution is 0.361. The van der Waals surface area contributed by atoms with E-state index in [2.05, 4.69) is 22.2 Å². The van der Waals surface area contributed by atoms with Crippen molar-refractivity contribution in [1.82, 2.24) is 9.97 Å². The van der Waals surface area contributed by atoms with Gasteiger partial charge in [0.15, 0.2) is 11.4 Å². The van der Waals surface area contributed by atoms with Crippen LogP contribution in [-0.4, -0.2) is 23.6 Å². The molecule has 2 aromatic heterocycles. The number of nitrogens with two attached hydrogens (primary N) is 2. The first kappa shape index (κ1) is 13.2. The Hall–Kier alpha value is -1.82. The summed E-state index contributed by atoms with van der Waals surface area (Å²) in [6, 6.07) is 0. The van der Waals surface area contributed by atoms with E-state index in [1.165, 1.54) is 5.56 Å². The van der Waals surface area contributed by atoms with E-state index in [0.29, 0.717) is 29.8 Å². The molecule has 2 aromatic rings. The Bertz CT molecular complexity index is 636. The van der Waals surface area contributed by atoms with Crippen LogP contribution in [0.1, 0.15) is 37.0 Å². The fraction of sp³-hybridized carbons (Fsp3) is 0.571. The van der Waals surface area contributed by atoms with Crippen molar-refractivity contribution in [2.24, 2.45) is 11.7 Å². The van der Waals surface area contributed by atoms with Crippen molar-refractivity contribution in [3.8, 4) is 0 Å². The molecule has 0 saturated carbocycles. The van der Waals surface area contributed by atoms with Crippen molar-refractivity contribution in [2.45, 2.75) is 32.1 Å². The van der Waals surface area contributed by atoms with Crippen LogP contribution in [0.25, 0.3) is 11.1 Å². The molecule has 0 aliphatic heterocycles. The fourth-order valence-corrected chi connectivity index (χ4v) is 3.23. The Balaban J connectivity index is 2.21. The molecular weight excluding hydrogens is 254 g/mol. The van der Waals surface area contributed by atoms with Gasteiger partial charge in [-0.25, -0.2) is 4.98 Å². The normalized spacial score (nSPS) is 21.9. The molecule has 0 fully saturated rings. The molecule has 0 spiro atoms. The number of hydrogen-bond acceptors (Lipinski definition) is 6. The van der Waals surface area contributed by atoms with Crippen molar-refractivity contribution in [3.05, 3.63) is 11.3 Å². The highest BCUT2D eigenvalue weighted by Gasteiger charge is 2.31. The van der Waals surface area contributed by atoms with Gasteiger partial charge in [-0.1, -0.05) is 6.92 Å². The van der Waals surface area contributed by atoms with Gasteiger partial charge in [0.05, 0.1) is 0 Å².